The summed E-state index contributed by atoms with van der Waals surface area (Å²) in [5, 5.41) is 3.63. The minimum absolute atomic E-state index is 0.0381. The molecule has 7 nitrogen and oxygen atoms in total. The van der Waals surface area contributed by atoms with Crippen LogP contribution in [0.4, 0.5) is 5.69 Å². The van der Waals surface area contributed by atoms with Crippen molar-refractivity contribution >= 4 is 34.3 Å². The van der Waals surface area contributed by atoms with Crippen LogP contribution in [-0.2, 0) is 4.79 Å². The molecule has 2 aromatic carbocycles. The van der Waals surface area contributed by atoms with Crippen molar-refractivity contribution in [3.63, 3.8) is 0 Å². The fourth-order valence-electron chi connectivity index (χ4n) is 4.01. The highest BCUT2D eigenvalue weighted by atomic mass is 35.5. The van der Waals surface area contributed by atoms with E-state index in [2.05, 4.69) is 15.2 Å². The first-order chi connectivity index (χ1) is 14.6. The van der Waals surface area contributed by atoms with Crippen molar-refractivity contribution in [3.8, 4) is 11.5 Å². The van der Waals surface area contributed by atoms with Gasteiger partial charge < -0.3 is 19.2 Å². The molecule has 1 fully saturated rings. The summed E-state index contributed by atoms with van der Waals surface area (Å²) in [6.45, 7) is 3.76. The minimum atomic E-state index is -0.237. The van der Waals surface area contributed by atoms with Gasteiger partial charge in [0.1, 0.15) is 5.52 Å². The van der Waals surface area contributed by atoms with Gasteiger partial charge in [0.2, 0.25) is 12.7 Å². The number of anilines is 1. The summed E-state index contributed by atoms with van der Waals surface area (Å²) in [7, 11) is 0. The third kappa shape index (κ3) is 3.70. The Bertz CT molecular complexity index is 1090. The lowest BCUT2D eigenvalue weighted by molar-refractivity contribution is -0.121. The van der Waals surface area contributed by atoms with Gasteiger partial charge in [0.15, 0.2) is 23.0 Å². The number of piperidine rings is 1. The Balaban J connectivity index is 1.19. The van der Waals surface area contributed by atoms with E-state index < -0.39 is 0 Å². The van der Waals surface area contributed by atoms with E-state index in [9.17, 15) is 4.79 Å². The smallest absolute Gasteiger partial charge is 0.241 e. The molecule has 1 atom stereocenters. The van der Waals surface area contributed by atoms with Crippen molar-refractivity contribution in [3.05, 3.63) is 47.3 Å². The standard InChI is InChI=1S/C22H22ClN3O4/c1-13(21(27)24-16-3-5-19-20(11-16)29-12-28-19)26-8-6-14(7-9-26)22-25-17-10-15(23)2-4-18(17)30-22/h2-5,10-11,13-14H,6-9,12H2,1H3,(H,24,27). The SMILES string of the molecule is CC(C(=O)Nc1ccc2c(c1)OCO2)N1CCC(c2nc3cc(Cl)ccc3o2)CC1. The maximum atomic E-state index is 12.7. The maximum Gasteiger partial charge on any atom is 0.241 e. The Morgan fingerprint density at radius 1 is 1.17 bits per heavy atom. The zero-order valence-corrected chi connectivity index (χ0v) is 17.3. The van der Waals surface area contributed by atoms with Gasteiger partial charge in [-0.3, -0.25) is 9.69 Å². The number of fused-ring (bicyclic) bond motifs is 2. The van der Waals surface area contributed by atoms with Crippen LogP contribution in [0.1, 0.15) is 31.6 Å². The third-order valence-electron chi connectivity index (χ3n) is 5.81. The lowest BCUT2D eigenvalue weighted by Crippen LogP contribution is -2.45. The van der Waals surface area contributed by atoms with Gasteiger partial charge in [-0.05, 0) is 63.2 Å². The minimum Gasteiger partial charge on any atom is -0.454 e. The van der Waals surface area contributed by atoms with Crippen molar-refractivity contribution in [2.24, 2.45) is 0 Å². The van der Waals surface area contributed by atoms with Crippen LogP contribution in [0.5, 0.6) is 11.5 Å². The molecular weight excluding hydrogens is 406 g/mol. The monoisotopic (exact) mass is 427 g/mol. The summed E-state index contributed by atoms with van der Waals surface area (Å²) in [6.07, 6.45) is 1.78. The van der Waals surface area contributed by atoms with Crippen LogP contribution in [0.25, 0.3) is 11.1 Å². The first-order valence-corrected chi connectivity index (χ1v) is 10.5. The van der Waals surface area contributed by atoms with Gasteiger partial charge >= 0.3 is 0 Å². The van der Waals surface area contributed by atoms with Gasteiger partial charge in [-0.15, -0.1) is 0 Å². The predicted octanol–water partition coefficient (Wildman–Crippen LogP) is 4.42. The molecule has 3 heterocycles. The summed E-state index contributed by atoms with van der Waals surface area (Å²) >= 11 is 6.04. The number of hydrogen-bond donors (Lipinski definition) is 1. The van der Waals surface area contributed by atoms with Gasteiger partial charge in [0.25, 0.3) is 0 Å². The van der Waals surface area contributed by atoms with E-state index in [4.69, 9.17) is 25.5 Å². The van der Waals surface area contributed by atoms with Gasteiger partial charge in [-0.25, -0.2) is 4.98 Å². The number of hydrogen-bond acceptors (Lipinski definition) is 6. The summed E-state index contributed by atoms with van der Waals surface area (Å²) < 4.78 is 16.6. The zero-order chi connectivity index (χ0) is 20.7. The molecule has 0 spiro atoms. The van der Waals surface area contributed by atoms with Gasteiger partial charge in [0.05, 0.1) is 6.04 Å². The molecule has 1 unspecified atom stereocenters. The van der Waals surface area contributed by atoms with Crippen LogP contribution in [0.15, 0.2) is 40.8 Å². The topological polar surface area (TPSA) is 76.8 Å². The number of rotatable bonds is 4. The summed E-state index contributed by atoms with van der Waals surface area (Å²) in [5.41, 5.74) is 2.25. The van der Waals surface area contributed by atoms with Gasteiger partial charge in [0, 0.05) is 22.7 Å². The fourth-order valence-corrected chi connectivity index (χ4v) is 4.18. The number of oxazole rings is 1. The first-order valence-electron chi connectivity index (χ1n) is 10.1. The highest BCUT2D eigenvalue weighted by Gasteiger charge is 2.29. The summed E-state index contributed by atoms with van der Waals surface area (Å²) in [6, 6.07) is 10.7. The number of nitrogens with one attached hydrogen (secondary N) is 1. The van der Waals surface area contributed by atoms with Crippen molar-refractivity contribution in [2.45, 2.75) is 31.7 Å². The van der Waals surface area contributed by atoms with Crippen LogP contribution < -0.4 is 14.8 Å². The van der Waals surface area contributed by atoms with E-state index in [1.807, 2.05) is 37.3 Å². The molecule has 0 saturated carbocycles. The molecule has 1 saturated heterocycles. The van der Waals surface area contributed by atoms with Crippen molar-refractivity contribution in [1.82, 2.24) is 9.88 Å². The van der Waals surface area contributed by atoms with Crippen molar-refractivity contribution < 1.29 is 18.7 Å². The number of benzene rings is 2. The lowest BCUT2D eigenvalue weighted by atomic mass is 9.95. The number of halogens is 1. The highest BCUT2D eigenvalue weighted by molar-refractivity contribution is 6.31. The lowest BCUT2D eigenvalue weighted by Gasteiger charge is -2.34. The molecule has 0 radical (unpaired) electrons. The summed E-state index contributed by atoms with van der Waals surface area (Å²) in [4.78, 5) is 19.6. The molecule has 0 bridgehead atoms. The van der Waals surface area contributed by atoms with E-state index in [1.54, 1.807) is 6.07 Å². The average Bonchev–Trinajstić information content (AvgIpc) is 3.39. The number of amides is 1. The van der Waals surface area contributed by atoms with Crippen LogP contribution in [0.2, 0.25) is 5.02 Å². The molecule has 0 aliphatic carbocycles. The van der Waals surface area contributed by atoms with Crippen LogP contribution in [0, 0.1) is 0 Å². The average molecular weight is 428 g/mol. The Morgan fingerprint density at radius 3 is 2.80 bits per heavy atom. The molecule has 1 N–H and O–H groups in total. The van der Waals surface area contributed by atoms with Gasteiger partial charge in [-0.1, -0.05) is 11.6 Å². The second kappa shape index (κ2) is 7.81. The molecule has 2 aliphatic heterocycles. The molecule has 156 valence electrons. The normalized spacial score (nSPS) is 17.9. The number of likely N-dealkylation sites (tertiary alicyclic amines) is 1. The second-order valence-electron chi connectivity index (χ2n) is 7.71. The highest BCUT2D eigenvalue weighted by Crippen LogP contribution is 2.35. The number of nitrogens with zero attached hydrogens (tertiary/aromatic N) is 2. The molecule has 2 aliphatic rings. The Kier molecular flexibility index (Phi) is 5.00. The molecule has 5 rings (SSSR count). The third-order valence-corrected chi connectivity index (χ3v) is 6.05. The van der Waals surface area contributed by atoms with E-state index in [0.29, 0.717) is 22.2 Å². The second-order valence-corrected chi connectivity index (χ2v) is 8.14. The Hall–Kier alpha value is -2.77. The number of carbonyl (C=O) groups excluding carboxylic acids is 1. The molecule has 1 aromatic heterocycles. The molecular formula is C22H22ClN3O4. The van der Waals surface area contributed by atoms with E-state index in [0.717, 1.165) is 42.9 Å². The number of carbonyl (C=O) groups is 1. The van der Waals surface area contributed by atoms with Crippen molar-refractivity contribution in [1.29, 1.82) is 0 Å². The molecule has 30 heavy (non-hydrogen) atoms. The van der Waals surface area contributed by atoms with Crippen LogP contribution >= 0.6 is 11.6 Å². The Morgan fingerprint density at radius 2 is 1.97 bits per heavy atom. The Labute approximate surface area is 178 Å². The van der Waals surface area contributed by atoms with Crippen LogP contribution in [-0.4, -0.2) is 41.7 Å². The molecule has 1 amide bonds. The largest absolute Gasteiger partial charge is 0.454 e. The number of ether oxygens (including phenoxy) is 2. The first kappa shape index (κ1) is 19.2. The maximum absolute atomic E-state index is 12.7. The zero-order valence-electron chi connectivity index (χ0n) is 16.6. The summed E-state index contributed by atoms with van der Waals surface area (Å²) in [5.74, 6) is 2.32. The fraction of sp³-hybridized carbons (Fsp3) is 0.364. The predicted molar refractivity (Wildman–Crippen MR) is 113 cm³/mol. The van der Waals surface area contributed by atoms with E-state index >= 15 is 0 Å². The van der Waals surface area contributed by atoms with Crippen LogP contribution in [0.3, 0.4) is 0 Å². The van der Waals surface area contributed by atoms with Gasteiger partial charge in [-0.2, -0.15) is 0 Å². The van der Waals surface area contributed by atoms with Crippen molar-refractivity contribution in [2.75, 3.05) is 25.2 Å². The molecule has 3 aromatic rings. The van der Waals surface area contributed by atoms with E-state index in [-0.39, 0.29) is 24.7 Å². The molecule has 8 heteroatoms. The quantitative estimate of drug-likeness (QED) is 0.664. The van der Waals surface area contributed by atoms with E-state index in [1.165, 1.54) is 0 Å². The number of aromatic nitrogens is 1.